The van der Waals surface area contributed by atoms with Crippen molar-refractivity contribution in [3.05, 3.63) is 0 Å². The fraction of sp³-hybridized carbons (Fsp3) is 1.00. The fourth-order valence-electron chi connectivity index (χ4n) is 3.32. The summed E-state index contributed by atoms with van der Waals surface area (Å²) < 4.78 is 1.40. The zero-order valence-corrected chi connectivity index (χ0v) is 8.55. The Bertz CT molecular complexity index is 166. The number of nitrogens with zero attached hydrogens (tertiary/aromatic N) is 1. The molecule has 2 heterocycles. The molecule has 2 rings (SSSR count). The number of hydrogen-bond acceptors (Lipinski definition) is 0. The molecule has 0 saturated carbocycles. The number of piperidine rings is 2. The Balaban J connectivity index is 2.07. The van der Waals surface area contributed by atoms with E-state index in [0.29, 0.717) is 0 Å². The molecule has 3 atom stereocenters. The Morgan fingerprint density at radius 1 is 1.08 bits per heavy atom. The normalized spacial score (nSPS) is 48.5. The molecule has 1 heteroatoms. The van der Waals surface area contributed by atoms with E-state index in [9.17, 15) is 0 Å². The van der Waals surface area contributed by atoms with Crippen molar-refractivity contribution in [2.45, 2.75) is 45.1 Å². The monoisotopic (exact) mass is 168 g/mol. The van der Waals surface area contributed by atoms with Gasteiger partial charge in [-0.05, 0) is 32.1 Å². The zero-order valence-electron chi connectivity index (χ0n) is 8.55. The topological polar surface area (TPSA) is 0 Å². The first-order valence-corrected chi connectivity index (χ1v) is 5.55. The maximum atomic E-state index is 2.49. The molecule has 0 amide bonds. The molecule has 0 N–H and O–H groups in total. The molecular weight excluding hydrogens is 146 g/mol. The predicted octanol–water partition coefficient (Wildman–Crippen LogP) is 2.42. The number of quaternary nitrogens is 1. The highest BCUT2D eigenvalue weighted by atomic mass is 15.4. The first-order chi connectivity index (χ1) is 5.71. The molecule has 70 valence electrons. The largest absolute Gasteiger partial charge is 0.323 e. The fourth-order valence-corrected chi connectivity index (χ4v) is 3.32. The molecule has 0 spiro atoms. The predicted molar refractivity (Wildman–Crippen MR) is 52.0 cm³/mol. The van der Waals surface area contributed by atoms with Gasteiger partial charge >= 0.3 is 0 Å². The van der Waals surface area contributed by atoms with Gasteiger partial charge in [-0.1, -0.05) is 6.92 Å². The van der Waals surface area contributed by atoms with Gasteiger partial charge < -0.3 is 4.48 Å². The molecular formula is C11H22N+. The molecule has 1 nitrogen and oxygen atoms in total. The third-order valence-corrected chi connectivity index (χ3v) is 4.06. The van der Waals surface area contributed by atoms with Crippen molar-refractivity contribution in [2.75, 3.05) is 20.1 Å². The highest BCUT2D eigenvalue weighted by Gasteiger charge is 2.39. The van der Waals surface area contributed by atoms with Crippen LogP contribution in [0.3, 0.4) is 0 Å². The van der Waals surface area contributed by atoms with Crippen molar-refractivity contribution >= 4 is 0 Å². The maximum Gasteiger partial charge on any atom is 0.0888 e. The molecule has 2 fully saturated rings. The summed E-state index contributed by atoms with van der Waals surface area (Å²) >= 11 is 0. The van der Waals surface area contributed by atoms with E-state index in [0.717, 1.165) is 12.0 Å². The minimum Gasteiger partial charge on any atom is -0.323 e. The molecule has 0 aliphatic carbocycles. The van der Waals surface area contributed by atoms with Gasteiger partial charge in [0.05, 0.1) is 26.2 Å². The average molecular weight is 168 g/mol. The van der Waals surface area contributed by atoms with Gasteiger partial charge in [-0.25, -0.2) is 0 Å². The molecule has 3 unspecified atom stereocenters. The lowest BCUT2D eigenvalue weighted by atomic mass is 9.86. The second-order valence-electron chi connectivity index (χ2n) is 5.22. The van der Waals surface area contributed by atoms with Crippen LogP contribution in [0.5, 0.6) is 0 Å². The first kappa shape index (κ1) is 8.55. The van der Waals surface area contributed by atoms with Crippen LogP contribution in [0.4, 0.5) is 0 Å². The lowest BCUT2D eigenvalue weighted by Crippen LogP contribution is -2.59. The van der Waals surface area contributed by atoms with Gasteiger partial charge in [0.1, 0.15) is 0 Å². The van der Waals surface area contributed by atoms with E-state index in [1.807, 2.05) is 0 Å². The van der Waals surface area contributed by atoms with Gasteiger partial charge in [0.2, 0.25) is 0 Å². The summed E-state index contributed by atoms with van der Waals surface area (Å²) in [6, 6.07) is 1.02. The summed E-state index contributed by atoms with van der Waals surface area (Å²) in [6.07, 6.45) is 7.45. The lowest BCUT2D eigenvalue weighted by molar-refractivity contribution is -0.946. The van der Waals surface area contributed by atoms with Crippen molar-refractivity contribution in [1.29, 1.82) is 0 Å². The summed E-state index contributed by atoms with van der Waals surface area (Å²) in [5.41, 5.74) is 0. The van der Waals surface area contributed by atoms with Crippen LogP contribution in [0.2, 0.25) is 0 Å². The van der Waals surface area contributed by atoms with Crippen molar-refractivity contribution in [3.8, 4) is 0 Å². The van der Waals surface area contributed by atoms with E-state index in [-0.39, 0.29) is 0 Å². The number of fused-ring (bicyclic) bond motifs is 1. The van der Waals surface area contributed by atoms with Crippen LogP contribution < -0.4 is 0 Å². The molecule has 0 aromatic heterocycles. The third kappa shape index (κ3) is 1.39. The van der Waals surface area contributed by atoms with E-state index < -0.39 is 0 Å². The highest BCUT2D eigenvalue weighted by Crippen LogP contribution is 2.33. The summed E-state index contributed by atoms with van der Waals surface area (Å²) in [5, 5.41) is 0. The maximum absolute atomic E-state index is 2.49. The Morgan fingerprint density at radius 2 is 1.92 bits per heavy atom. The molecule has 2 saturated heterocycles. The summed E-state index contributed by atoms with van der Waals surface area (Å²) in [7, 11) is 2.49. The average Bonchev–Trinajstić information content (AvgIpc) is 2.02. The van der Waals surface area contributed by atoms with Gasteiger partial charge in [0, 0.05) is 5.92 Å². The molecule has 0 aromatic rings. The highest BCUT2D eigenvalue weighted by molar-refractivity contribution is 4.72. The SMILES string of the molecule is CC1CCC2CCCC[N+]2(C)C1. The van der Waals surface area contributed by atoms with Crippen molar-refractivity contribution in [1.82, 2.24) is 0 Å². The Labute approximate surface area is 76.3 Å². The first-order valence-electron chi connectivity index (χ1n) is 5.55. The molecule has 0 aromatic carbocycles. The van der Waals surface area contributed by atoms with E-state index in [2.05, 4.69) is 14.0 Å². The van der Waals surface area contributed by atoms with Gasteiger partial charge in [-0.3, -0.25) is 0 Å². The second-order valence-corrected chi connectivity index (χ2v) is 5.22. The third-order valence-electron chi connectivity index (χ3n) is 4.06. The summed E-state index contributed by atoms with van der Waals surface area (Å²) in [5.74, 6) is 0.976. The standard InChI is InChI=1S/C11H22N/c1-10-6-7-11-5-3-4-8-12(11,2)9-10/h10-11H,3-9H2,1-2H3/q+1. The van der Waals surface area contributed by atoms with E-state index in [1.165, 1.54) is 49.7 Å². The summed E-state index contributed by atoms with van der Waals surface area (Å²) in [6.45, 7) is 5.33. The van der Waals surface area contributed by atoms with E-state index in [4.69, 9.17) is 0 Å². The molecule has 0 bridgehead atoms. The lowest BCUT2D eigenvalue weighted by Gasteiger charge is -2.49. The Morgan fingerprint density at radius 3 is 2.75 bits per heavy atom. The quantitative estimate of drug-likeness (QED) is 0.487. The summed E-state index contributed by atoms with van der Waals surface area (Å²) in [4.78, 5) is 0. The van der Waals surface area contributed by atoms with E-state index in [1.54, 1.807) is 0 Å². The van der Waals surface area contributed by atoms with Gasteiger partial charge in [-0.2, -0.15) is 0 Å². The van der Waals surface area contributed by atoms with Crippen molar-refractivity contribution in [2.24, 2.45) is 5.92 Å². The van der Waals surface area contributed by atoms with Gasteiger partial charge in [0.25, 0.3) is 0 Å². The van der Waals surface area contributed by atoms with Crippen molar-refractivity contribution in [3.63, 3.8) is 0 Å². The van der Waals surface area contributed by atoms with Gasteiger partial charge in [0.15, 0.2) is 0 Å². The van der Waals surface area contributed by atoms with Crippen LogP contribution in [0.25, 0.3) is 0 Å². The van der Waals surface area contributed by atoms with E-state index >= 15 is 0 Å². The van der Waals surface area contributed by atoms with Gasteiger partial charge in [-0.15, -0.1) is 0 Å². The van der Waals surface area contributed by atoms with Crippen LogP contribution in [-0.2, 0) is 0 Å². The van der Waals surface area contributed by atoms with Crippen LogP contribution in [0.15, 0.2) is 0 Å². The van der Waals surface area contributed by atoms with Crippen molar-refractivity contribution < 1.29 is 4.48 Å². The molecule has 0 radical (unpaired) electrons. The number of hydrogen-bond donors (Lipinski definition) is 0. The minimum atomic E-state index is 0.976. The molecule has 12 heavy (non-hydrogen) atoms. The second kappa shape index (κ2) is 3.02. The van der Waals surface area contributed by atoms with Crippen LogP contribution >= 0.6 is 0 Å². The minimum absolute atomic E-state index is 0.976. The number of rotatable bonds is 0. The molecule has 2 aliphatic heterocycles. The Hall–Kier alpha value is -0.0400. The molecule has 2 aliphatic rings. The van der Waals surface area contributed by atoms with Crippen LogP contribution in [0.1, 0.15) is 39.0 Å². The van der Waals surface area contributed by atoms with Crippen LogP contribution in [-0.4, -0.2) is 30.7 Å². The Kier molecular flexibility index (Phi) is 2.16. The van der Waals surface area contributed by atoms with Crippen LogP contribution in [0, 0.1) is 5.92 Å². The smallest absolute Gasteiger partial charge is 0.0888 e. The zero-order chi connectivity index (χ0) is 8.60.